The molecular formula is C20H21N3O2S. The number of carbonyl (C=O) groups is 2. The lowest BCUT2D eigenvalue weighted by Crippen LogP contribution is -2.47. The van der Waals surface area contributed by atoms with E-state index in [4.69, 9.17) is 0 Å². The normalized spacial score (nSPS) is 18.3. The van der Waals surface area contributed by atoms with Crippen molar-refractivity contribution in [2.24, 2.45) is 0 Å². The van der Waals surface area contributed by atoms with E-state index in [0.717, 1.165) is 31.1 Å². The Balaban J connectivity index is 1.61. The minimum Gasteiger partial charge on any atom is -0.368 e. The summed E-state index contributed by atoms with van der Waals surface area (Å²) in [6, 6.07) is 14.1. The maximum atomic E-state index is 12.9. The van der Waals surface area contributed by atoms with Gasteiger partial charge in [0.2, 0.25) is 0 Å². The number of hydrogen-bond acceptors (Lipinski definition) is 5. The van der Waals surface area contributed by atoms with Crippen molar-refractivity contribution in [3.8, 4) is 0 Å². The van der Waals surface area contributed by atoms with Crippen LogP contribution >= 0.6 is 11.3 Å². The van der Waals surface area contributed by atoms with Crippen LogP contribution in [0.2, 0.25) is 0 Å². The standard InChI is InChI=1S/C20H21N3O2S/c1-2-23-19(24)17(16-9-6-14-26-16)18(20(23)25)22-12-10-21(11-13-22)15-7-4-3-5-8-15/h3-9,14H,2,10-13H2,1H3. The highest BCUT2D eigenvalue weighted by Gasteiger charge is 2.41. The fourth-order valence-corrected chi connectivity index (χ4v) is 4.38. The number of likely N-dealkylation sites (N-methyl/N-ethyl adjacent to an activating group) is 1. The highest BCUT2D eigenvalue weighted by Crippen LogP contribution is 2.34. The zero-order chi connectivity index (χ0) is 18.1. The van der Waals surface area contributed by atoms with Gasteiger partial charge >= 0.3 is 0 Å². The van der Waals surface area contributed by atoms with Crippen LogP contribution in [0.4, 0.5) is 5.69 Å². The van der Waals surface area contributed by atoms with Gasteiger partial charge in [0.05, 0.1) is 5.57 Å². The summed E-state index contributed by atoms with van der Waals surface area (Å²) in [4.78, 5) is 32.3. The van der Waals surface area contributed by atoms with Crippen molar-refractivity contribution in [1.29, 1.82) is 0 Å². The van der Waals surface area contributed by atoms with Crippen molar-refractivity contribution in [2.75, 3.05) is 37.6 Å². The van der Waals surface area contributed by atoms with Gasteiger partial charge in [-0.05, 0) is 30.5 Å². The molecule has 4 rings (SSSR count). The average Bonchev–Trinajstić information content (AvgIpc) is 3.29. The fourth-order valence-electron chi connectivity index (χ4n) is 3.61. The summed E-state index contributed by atoms with van der Waals surface area (Å²) in [7, 11) is 0. The minimum atomic E-state index is -0.166. The van der Waals surface area contributed by atoms with Crippen LogP contribution in [0.1, 0.15) is 11.8 Å². The Morgan fingerprint density at radius 2 is 1.58 bits per heavy atom. The van der Waals surface area contributed by atoms with Gasteiger partial charge in [0, 0.05) is 43.3 Å². The molecule has 2 aliphatic rings. The van der Waals surface area contributed by atoms with Crippen LogP contribution in [0.3, 0.4) is 0 Å². The highest BCUT2D eigenvalue weighted by atomic mass is 32.1. The third kappa shape index (κ3) is 2.80. The molecule has 134 valence electrons. The lowest BCUT2D eigenvalue weighted by molar-refractivity contribution is -0.137. The van der Waals surface area contributed by atoms with E-state index in [1.807, 2.05) is 42.6 Å². The van der Waals surface area contributed by atoms with E-state index in [2.05, 4.69) is 21.9 Å². The van der Waals surface area contributed by atoms with E-state index >= 15 is 0 Å². The lowest BCUT2D eigenvalue weighted by atomic mass is 10.1. The zero-order valence-corrected chi connectivity index (χ0v) is 15.5. The smallest absolute Gasteiger partial charge is 0.277 e. The predicted molar refractivity (Wildman–Crippen MR) is 104 cm³/mol. The Labute approximate surface area is 157 Å². The Kier molecular flexibility index (Phi) is 4.51. The predicted octanol–water partition coefficient (Wildman–Crippen LogP) is 2.67. The number of nitrogens with zero attached hydrogens (tertiary/aromatic N) is 3. The average molecular weight is 367 g/mol. The zero-order valence-electron chi connectivity index (χ0n) is 14.7. The molecule has 1 aromatic heterocycles. The van der Waals surface area contributed by atoms with Gasteiger partial charge in [0.25, 0.3) is 11.8 Å². The molecule has 6 heteroatoms. The first-order chi connectivity index (χ1) is 12.7. The number of benzene rings is 1. The van der Waals surface area contributed by atoms with E-state index in [9.17, 15) is 9.59 Å². The first-order valence-corrected chi connectivity index (χ1v) is 9.78. The number of carbonyl (C=O) groups excluding carboxylic acids is 2. The van der Waals surface area contributed by atoms with Gasteiger partial charge in [0.1, 0.15) is 5.70 Å². The topological polar surface area (TPSA) is 43.9 Å². The Hall–Kier alpha value is -2.60. The summed E-state index contributed by atoms with van der Waals surface area (Å²) >= 11 is 1.51. The third-order valence-electron chi connectivity index (χ3n) is 4.94. The summed E-state index contributed by atoms with van der Waals surface area (Å²) in [5, 5.41) is 1.94. The first kappa shape index (κ1) is 16.8. The molecule has 1 saturated heterocycles. The van der Waals surface area contributed by atoms with Crippen LogP contribution in [0.15, 0.2) is 53.5 Å². The number of imide groups is 1. The molecule has 0 radical (unpaired) electrons. The maximum absolute atomic E-state index is 12.9. The van der Waals surface area contributed by atoms with E-state index in [0.29, 0.717) is 17.8 Å². The van der Waals surface area contributed by atoms with Gasteiger partial charge in [-0.2, -0.15) is 0 Å². The number of thiophene rings is 1. The van der Waals surface area contributed by atoms with Gasteiger partial charge in [-0.15, -0.1) is 11.3 Å². The van der Waals surface area contributed by atoms with Crippen molar-refractivity contribution >= 4 is 34.4 Å². The van der Waals surface area contributed by atoms with Gasteiger partial charge in [0.15, 0.2) is 0 Å². The molecule has 1 aromatic carbocycles. The van der Waals surface area contributed by atoms with Crippen LogP contribution in [0.25, 0.3) is 5.57 Å². The van der Waals surface area contributed by atoms with Crippen LogP contribution in [0.5, 0.6) is 0 Å². The summed E-state index contributed by atoms with van der Waals surface area (Å²) in [5.74, 6) is -0.325. The number of piperazine rings is 1. The molecule has 0 bridgehead atoms. The largest absolute Gasteiger partial charge is 0.368 e. The molecule has 2 amide bonds. The molecule has 2 aromatic rings. The number of para-hydroxylation sites is 1. The molecule has 1 fully saturated rings. The molecule has 26 heavy (non-hydrogen) atoms. The summed E-state index contributed by atoms with van der Waals surface area (Å²) < 4.78 is 0. The van der Waals surface area contributed by atoms with Crippen molar-refractivity contribution in [3.63, 3.8) is 0 Å². The monoisotopic (exact) mass is 367 g/mol. The summed E-state index contributed by atoms with van der Waals surface area (Å²) in [6.07, 6.45) is 0. The molecular weight excluding hydrogens is 346 g/mol. The molecule has 5 nitrogen and oxygen atoms in total. The molecule has 3 heterocycles. The lowest BCUT2D eigenvalue weighted by Gasteiger charge is -2.37. The molecule has 0 atom stereocenters. The van der Waals surface area contributed by atoms with Crippen LogP contribution in [0, 0.1) is 0 Å². The van der Waals surface area contributed by atoms with Gasteiger partial charge in [-0.25, -0.2) is 0 Å². The summed E-state index contributed by atoms with van der Waals surface area (Å²) in [5.41, 5.74) is 2.34. The summed E-state index contributed by atoms with van der Waals surface area (Å²) in [6.45, 7) is 5.38. The van der Waals surface area contributed by atoms with Crippen LogP contribution in [-0.2, 0) is 9.59 Å². The van der Waals surface area contributed by atoms with E-state index in [-0.39, 0.29) is 11.8 Å². The van der Waals surface area contributed by atoms with Crippen molar-refractivity contribution < 1.29 is 9.59 Å². The molecule has 0 saturated carbocycles. The second-order valence-corrected chi connectivity index (χ2v) is 7.31. The number of hydrogen-bond donors (Lipinski definition) is 0. The molecule has 2 aliphatic heterocycles. The van der Waals surface area contributed by atoms with Crippen LogP contribution in [-0.4, -0.2) is 54.3 Å². The van der Waals surface area contributed by atoms with E-state index < -0.39 is 0 Å². The number of amides is 2. The van der Waals surface area contributed by atoms with Crippen molar-refractivity contribution in [2.45, 2.75) is 6.92 Å². The highest BCUT2D eigenvalue weighted by molar-refractivity contribution is 7.11. The first-order valence-electron chi connectivity index (χ1n) is 8.90. The minimum absolute atomic E-state index is 0.158. The van der Waals surface area contributed by atoms with Gasteiger partial charge < -0.3 is 9.80 Å². The SMILES string of the molecule is CCN1C(=O)C(c2cccs2)=C(N2CCN(c3ccccc3)CC2)C1=O. The number of rotatable bonds is 4. The Morgan fingerprint density at radius 1 is 0.885 bits per heavy atom. The van der Waals surface area contributed by atoms with Crippen molar-refractivity contribution in [3.05, 3.63) is 58.4 Å². The number of anilines is 1. The fraction of sp³-hybridized carbons (Fsp3) is 0.300. The quantitative estimate of drug-likeness (QED) is 0.780. The van der Waals surface area contributed by atoms with Crippen molar-refractivity contribution in [1.82, 2.24) is 9.80 Å². The second kappa shape index (κ2) is 6.96. The molecule has 0 spiro atoms. The van der Waals surface area contributed by atoms with Crippen LogP contribution < -0.4 is 4.90 Å². The van der Waals surface area contributed by atoms with Gasteiger partial charge in [-0.3, -0.25) is 14.5 Å². The molecule has 0 unspecified atom stereocenters. The maximum Gasteiger partial charge on any atom is 0.277 e. The van der Waals surface area contributed by atoms with E-state index in [1.165, 1.54) is 21.9 Å². The Bertz CT molecular complexity index is 837. The second-order valence-electron chi connectivity index (χ2n) is 6.37. The van der Waals surface area contributed by atoms with E-state index in [1.54, 1.807) is 0 Å². The molecule has 0 N–H and O–H groups in total. The third-order valence-corrected chi connectivity index (χ3v) is 5.83. The van der Waals surface area contributed by atoms with Gasteiger partial charge in [-0.1, -0.05) is 24.3 Å². The molecule has 0 aliphatic carbocycles. The Morgan fingerprint density at radius 3 is 2.19 bits per heavy atom.